The van der Waals surface area contributed by atoms with Gasteiger partial charge >= 0.3 is 0 Å². The fraction of sp³-hybridized carbons (Fsp3) is 0.444. The van der Waals surface area contributed by atoms with Crippen LogP contribution < -0.4 is 4.74 Å². The van der Waals surface area contributed by atoms with Gasteiger partial charge in [0.2, 0.25) is 0 Å². The first-order valence-corrected chi connectivity index (χ1v) is 7.97. The van der Waals surface area contributed by atoms with Crippen molar-refractivity contribution in [1.82, 2.24) is 9.88 Å². The first kappa shape index (κ1) is 15.7. The van der Waals surface area contributed by atoms with Gasteiger partial charge in [-0.05, 0) is 37.1 Å². The maximum Gasteiger partial charge on any atom is 0.272 e. The van der Waals surface area contributed by atoms with E-state index in [2.05, 4.69) is 4.98 Å². The Morgan fingerprint density at radius 2 is 2.17 bits per heavy atom. The highest BCUT2D eigenvalue weighted by Crippen LogP contribution is 2.26. The molecule has 1 aromatic carbocycles. The van der Waals surface area contributed by atoms with Gasteiger partial charge in [-0.2, -0.15) is 0 Å². The summed E-state index contributed by atoms with van der Waals surface area (Å²) in [4.78, 5) is 18.7. The standard InChI is InChI=1S/C18H22N2O3/c1-20(11-13-4-3-5-17(13)21)18(22)16-8-6-12-10-14(23-2)7-9-15(12)19-16/h6-10,13,17,21H,3-5,11H2,1-2H3. The van der Waals surface area contributed by atoms with Gasteiger partial charge in [0.05, 0.1) is 18.7 Å². The van der Waals surface area contributed by atoms with Crippen molar-refractivity contribution in [3.8, 4) is 5.75 Å². The second kappa shape index (κ2) is 6.54. The van der Waals surface area contributed by atoms with E-state index in [1.807, 2.05) is 24.3 Å². The van der Waals surface area contributed by atoms with Gasteiger partial charge < -0.3 is 14.7 Å². The highest BCUT2D eigenvalue weighted by molar-refractivity contribution is 5.95. The third kappa shape index (κ3) is 3.29. The van der Waals surface area contributed by atoms with Gasteiger partial charge in [-0.15, -0.1) is 0 Å². The Balaban J connectivity index is 1.77. The molecule has 5 heteroatoms. The molecule has 1 N–H and O–H groups in total. The first-order valence-electron chi connectivity index (χ1n) is 7.97. The molecule has 1 heterocycles. The van der Waals surface area contributed by atoms with E-state index in [1.165, 1.54) is 0 Å². The summed E-state index contributed by atoms with van der Waals surface area (Å²) in [6.45, 7) is 0.572. The van der Waals surface area contributed by atoms with E-state index in [0.29, 0.717) is 12.2 Å². The van der Waals surface area contributed by atoms with Gasteiger partial charge in [0, 0.05) is 24.9 Å². The summed E-state index contributed by atoms with van der Waals surface area (Å²) >= 11 is 0. The Labute approximate surface area is 135 Å². The molecule has 1 saturated carbocycles. The third-order valence-electron chi connectivity index (χ3n) is 4.59. The minimum Gasteiger partial charge on any atom is -0.497 e. The van der Waals surface area contributed by atoms with Gasteiger partial charge in [-0.25, -0.2) is 4.98 Å². The molecule has 0 saturated heterocycles. The van der Waals surface area contributed by atoms with Gasteiger partial charge in [-0.3, -0.25) is 4.79 Å². The van der Waals surface area contributed by atoms with E-state index in [9.17, 15) is 9.90 Å². The number of carbonyl (C=O) groups excluding carboxylic acids is 1. The molecule has 0 radical (unpaired) electrons. The number of aliphatic hydroxyl groups is 1. The number of aromatic nitrogens is 1. The molecule has 1 aliphatic rings. The second-order valence-corrected chi connectivity index (χ2v) is 6.20. The molecule has 2 atom stereocenters. The quantitative estimate of drug-likeness (QED) is 0.942. The minimum absolute atomic E-state index is 0.109. The molecule has 1 fully saturated rings. The number of rotatable bonds is 4. The number of amides is 1. The van der Waals surface area contributed by atoms with Crippen LogP contribution in [0.25, 0.3) is 10.9 Å². The molecule has 1 amide bonds. The Morgan fingerprint density at radius 1 is 1.35 bits per heavy atom. The maximum absolute atomic E-state index is 12.6. The summed E-state index contributed by atoms with van der Waals surface area (Å²) in [5, 5.41) is 10.9. The van der Waals surface area contributed by atoms with Gasteiger partial charge in [0.15, 0.2) is 0 Å². The Kier molecular flexibility index (Phi) is 4.48. The lowest BCUT2D eigenvalue weighted by Crippen LogP contribution is -2.34. The lowest BCUT2D eigenvalue weighted by molar-refractivity contribution is 0.0688. The summed E-state index contributed by atoms with van der Waals surface area (Å²) in [7, 11) is 3.40. The summed E-state index contributed by atoms with van der Waals surface area (Å²) in [6.07, 6.45) is 2.55. The molecule has 122 valence electrons. The first-order chi connectivity index (χ1) is 11.1. The van der Waals surface area contributed by atoms with Gasteiger partial charge in [0.25, 0.3) is 5.91 Å². The zero-order chi connectivity index (χ0) is 16.4. The smallest absolute Gasteiger partial charge is 0.272 e. The number of carbonyl (C=O) groups is 1. The van der Waals surface area contributed by atoms with Crippen LogP contribution in [-0.4, -0.2) is 47.7 Å². The zero-order valence-corrected chi connectivity index (χ0v) is 13.5. The highest BCUT2D eigenvalue weighted by Gasteiger charge is 2.28. The van der Waals surface area contributed by atoms with Crippen LogP contribution in [0.3, 0.4) is 0 Å². The third-order valence-corrected chi connectivity index (χ3v) is 4.59. The summed E-state index contributed by atoms with van der Waals surface area (Å²) in [6, 6.07) is 9.21. The summed E-state index contributed by atoms with van der Waals surface area (Å²) < 4.78 is 5.20. The van der Waals surface area contributed by atoms with E-state index >= 15 is 0 Å². The SMILES string of the molecule is COc1ccc2nc(C(=O)N(C)CC3CCCC3O)ccc2c1. The largest absolute Gasteiger partial charge is 0.497 e. The Hall–Kier alpha value is -2.14. The predicted octanol–water partition coefficient (Wildman–Crippen LogP) is 2.48. The number of nitrogens with zero attached hydrogens (tertiary/aromatic N) is 2. The van der Waals surface area contributed by atoms with E-state index in [4.69, 9.17) is 4.74 Å². The molecule has 0 bridgehead atoms. The van der Waals surface area contributed by atoms with Crippen molar-refractivity contribution in [2.24, 2.45) is 5.92 Å². The molecule has 2 unspecified atom stereocenters. The average molecular weight is 314 g/mol. The molecular formula is C18H22N2O3. The number of fused-ring (bicyclic) bond motifs is 1. The van der Waals surface area contributed by atoms with Crippen molar-refractivity contribution in [2.45, 2.75) is 25.4 Å². The fourth-order valence-corrected chi connectivity index (χ4v) is 3.21. The molecule has 1 aromatic heterocycles. The van der Waals surface area contributed by atoms with E-state index < -0.39 is 0 Å². The molecule has 23 heavy (non-hydrogen) atoms. The van der Waals surface area contributed by atoms with E-state index in [0.717, 1.165) is 35.9 Å². The predicted molar refractivity (Wildman–Crippen MR) is 88.6 cm³/mol. The number of ether oxygens (including phenoxy) is 1. The number of methoxy groups -OCH3 is 1. The van der Waals surface area contributed by atoms with Crippen LogP contribution in [0.15, 0.2) is 30.3 Å². The van der Waals surface area contributed by atoms with Crippen LogP contribution >= 0.6 is 0 Å². The van der Waals surface area contributed by atoms with Gasteiger partial charge in [0.1, 0.15) is 11.4 Å². The minimum atomic E-state index is -0.290. The Morgan fingerprint density at radius 3 is 2.87 bits per heavy atom. The number of hydrogen-bond acceptors (Lipinski definition) is 4. The topological polar surface area (TPSA) is 62.7 Å². The van der Waals surface area contributed by atoms with Crippen molar-refractivity contribution in [2.75, 3.05) is 20.7 Å². The molecule has 3 rings (SSSR count). The van der Waals surface area contributed by atoms with E-state index in [1.54, 1.807) is 25.1 Å². The molecule has 0 spiro atoms. The van der Waals surface area contributed by atoms with Crippen molar-refractivity contribution in [1.29, 1.82) is 0 Å². The molecule has 5 nitrogen and oxygen atoms in total. The number of pyridine rings is 1. The van der Waals surface area contributed by atoms with Crippen LogP contribution in [0.4, 0.5) is 0 Å². The Bertz CT molecular complexity index is 716. The van der Waals surface area contributed by atoms with E-state index in [-0.39, 0.29) is 17.9 Å². The van der Waals surface area contributed by atoms with Crippen molar-refractivity contribution >= 4 is 16.8 Å². The molecular weight excluding hydrogens is 292 g/mol. The summed E-state index contributed by atoms with van der Waals surface area (Å²) in [5.41, 5.74) is 1.20. The van der Waals surface area contributed by atoms with Crippen LogP contribution in [-0.2, 0) is 0 Å². The van der Waals surface area contributed by atoms with Crippen molar-refractivity contribution in [3.05, 3.63) is 36.0 Å². The average Bonchev–Trinajstić information content (AvgIpc) is 2.98. The normalized spacial score (nSPS) is 20.7. The highest BCUT2D eigenvalue weighted by atomic mass is 16.5. The lowest BCUT2D eigenvalue weighted by Gasteiger charge is -2.23. The second-order valence-electron chi connectivity index (χ2n) is 6.20. The van der Waals surface area contributed by atoms with Crippen molar-refractivity contribution < 1.29 is 14.6 Å². The van der Waals surface area contributed by atoms with Crippen molar-refractivity contribution in [3.63, 3.8) is 0 Å². The fourth-order valence-electron chi connectivity index (χ4n) is 3.21. The lowest BCUT2D eigenvalue weighted by atomic mass is 10.1. The molecule has 2 aromatic rings. The molecule has 0 aliphatic heterocycles. The number of aliphatic hydroxyl groups excluding tert-OH is 1. The number of hydrogen-bond donors (Lipinski definition) is 1. The number of benzene rings is 1. The van der Waals surface area contributed by atoms with Crippen LogP contribution in [0.2, 0.25) is 0 Å². The summed E-state index contributed by atoms with van der Waals surface area (Å²) in [5.74, 6) is 0.834. The van der Waals surface area contributed by atoms with Crippen LogP contribution in [0, 0.1) is 5.92 Å². The monoisotopic (exact) mass is 314 g/mol. The van der Waals surface area contributed by atoms with Crippen LogP contribution in [0.1, 0.15) is 29.8 Å². The van der Waals surface area contributed by atoms with Crippen LogP contribution in [0.5, 0.6) is 5.75 Å². The zero-order valence-electron chi connectivity index (χ0n) is 13.5. The van der Waals surface area contributed by atoms with Gasteiger partial charge in [-0.1, -0.05) is 12.5 Å². The maximum atomic E-state index is 12.6. The molecule has 1 aliphatic carbocycles.